The fraction of sp³-hybridized carbons (Fsp3) is 0.500. The molecule has 0 aliphatic carbocycles. The average Bonchev–Trinajstić information content (AvgIpc) is 2.38. The number of rotatable bonds is 4. The Balaban J connectivity index is 2.38. The van der Waals surface area contributed by atoms with E-state index in [0.29, 0.717) is 17.9 Å². The fourth-order valence-corrected chi connectivity index (χ4v) is 2.65. The number of nitrogens with two attached hydrogens (primary N) is 1. The van der Waals surface area contributed by atoms with Crippen LogP contribution in [-0.4, -0.2) is 34.6 Å². The van der Waals surface area contributed by atoms with E-state index in [4.69, 9.17) is 10.8 Å². The summed E-state index contributed by atoms with van der Waals surface area (Å²) in [5.41, 5.74) is 6.53. The first-order valence-electron chi connectivity index (χ1n) is 6.75. The standard InChI is InChI=1S/C14H19N3O3/c1-9-5-6-11(13(15)20)14(16-9)17-7-3-2-4-10(17)8-12(18)19/h5-6,10H,2-4,7-8H2,1H3,(H2,15,20)(H,18,19). The molecule has 0 aromatic carbocycles. The molecule has 1 aliphatic heterocycles. The summed E-state index contributed by atoms with van der Waals surface area (Å²) >= 11 is 0. The molecule has 1 unspecified atom stereocenters. The molecule has 1 atom stereocenters. The first-order valence-corrected chi connectivity index (χ1v) is 6.75. The van der Waals surface area contributed by atoms with Crippen LogP contribution in [0.3, 0.4) is 0 Å². The number of carbonyl (C=O) groups is 2. The predicted octanol–water partition coefficient (Wildman–Crippen LogP) is 1.32. The fourth-order valence-electron chi connectivity index (χ4n) is 2.65. The number of carboxylic acid groups (broad SMARTS) is 1. The van der Waals surface area contributed by atoms with Gasteiger partial charge in [0.2, 0.25) is 0 Å². The number of carbonyl (C=O) groups excluding carboxylic acids is 1. The Hall–Kier alpha value is -2.11. The maximum Gasteiger partial charge on any atom is 0.305 e. The van der Waals surface area contributed by atoms with E-state index in [9.17, 15) is 9.59 Å². The number of pyridine rings is 1. The number of nitrogens with zero attached hydrogens (tertiary/aromatic N) is 2. The van der Waals surface area contributed by atoms with Gasteiger partial charge in [-0.15, -0.1) is 0 Å². The Bertz CT molecular complexity index is 530. The predicted molar refractivity (Wildman–Crippen MR) is 74.7 cm³/mol. The highest BCUT2D eigenvalue weighted by atomic mass is 16.4. The van der Waals surface area contributed by atoms with Crippen molar-refractivity contribution in [3.63, 3.8) is 0 Å². The van der Waals surface area contributed by atoms with Crippen molar-refractivity contribution in [3.05, 3.63) is 23.4 Å². The molecule has 1 aliphatic rings. The second kappa shape index (κ2) is 5.90. The van der Waals surface area contributed by atoms with Gasteiger partial charge in [0.1, 0.15) is 5.82 Å². The molecule has 6 heteroatoms. The van der Waals surface area contributed by atoms with Crippen molar-refractivity contribution in [2.24, 2.45) is 5.73 Å². The molecule has 1 amide bonds. The maximum atomic E-state index is 11.5. The largest absolute Gasteiger partial charge is 0.481 e. The molecule has 2 rings (SSSR count). The monoisotopic (exact) mass is 277 g/mol. The smallest absolute Gasteiger partial charge is 0.305 e. The number of anilines is 1. The molecule has 0 saturated carbocycles. The zero-order valence-electron chi connectivity index (χ0n) is 11.5. The Kier molecular flexibility index (Phi) is 4.22. The van der Waals surface area contributed by atoms with Gasteiger partial charge in [-0.25, -0.2) is 4.98 Å². The van der Waals surface area contributed by atoms with E-state index in [2.05, 4.69) is 4.98 Å². The first kappa shape index (κ1) is 14.3. The maximum absolute atomic E-state index is 11.5. The van der Waals surface area contributed by atoms with Gasteiger partial charge in [-0.3, -0.25) is 9.59 Å². The summed E-state index contributed by atoms with van der Waals surface area (Å²) in [6.07, 6.45) is 2.80. The van der Waals surface area contributed by atoms with Crippen molar-refractivity contribution in [1.82, 2.24) is 4.98 Å². The molecule has 6 nitrogen and oxygen atoms in total. The molecule has 0 radical (unpaired) electrons. The zero-order chi connectivity index (χ0) is 14.7. The lowest BCUT2D eigenvalue weighted by molar-refractivity contribution is -0.137. The van der Waals surface area contributed by atoms with Gasteiger partial charge < -0.3 is 15.7 Å². The van der Waals surface area contributed by atoms with E-state index in [-0.39, 0.29) is 12.5 Å². The van der Waals surface area contributed by atoms with Gasteiger partial charge in [0.05, 0.1) is 12.0 Å². The number of amides is 1. The molecule has 0 bridgehead atoms. The molecule has 1 fully saturated rings. The molecule has 108 valence electrons. The van der Waals surface area contributed by atoms with Crippen LogP contribution >= 0.6 is 0 Å². The Morgan fingerprint density at radius 3 is 2.85 bits per heavy atom. The summed E-state index contributed by atoms with van der Waals surface area (Å²) in [5, 5.41) is 9.02. The van der Waals surface area contributed by atoms with Gasteiger partial charge in [-0.05, 0) is 38.3 Å². The van der Waals surface area contributed by atoms with E-state index >= 15 is 0 Å². The Labute approximate surface area is 117 Å². The summed E-state index contributed by atoms with van der Waals surface area (Å²) in [4.78, 5) is 28.9. The van der Waals surface area contributed by atoms with Crippen molar-refractivity contribution >= 4 is 17.7 Å². The van der Waals surface area contributed by atoms with Gasteiger partial charge in [0.25, 0.3) is 5.91 Å². The number of hydrogen-bond donors (Lipinski definition) is 2. The minimum atomic E-state index is -0.838. The molecule has 1 saturated heterocycles. The second-order valence-electron chi connectivity index (χ2n) is 5.13. The van der Waals surface area contributed by atoms with Crippen LogP contribution in [0.15, 0.2) is 12.1 Å². The summed E-state index contributed by atoms with van der Waals surface area (Å²) in [5.74, 6) is -0.856. The van der Waals surface area contributed by atoms with E-state index in [1.165, 1.54) is 0 Å². The van der Waals surface area contributed by atoms with Crippen molar-refractivity contribution in [3.8, 4) is 0 Å². The SMILES string of the molecule is Cc1ccc(C(N)=O)c(N2CCCCC2CC(=O)O)n1. The van der Waals surface area contributed by atoms with Gasteiger partial charge in [-0.1, -0.05) is 0 Å². The number of aryl methyl sites for hydroxylation is 1. The van der Waals surface area contributed by atoms with Crippen LogP contribution in [0.2, 0.25) is 0 Å². The van der Waals surface area contributed by atoms with E-state index in [1.807, 2.05) is 11.8 Å². The Morgan fingerprint density at radius 1 is 1.45 bits per heavy atom. The topological polar surface area (TPSA) is 96.5 Å². The minimum Gasteiger partial charge on any atom is -0.481 e. The number of aromatic nitrogens is 1. The molecule has 1 aromatic heterocycles. The highest BCUT2D eigenvalue weighted by molar-refractivity contribution is 5.97. The third kappa shape index (κ3) is 3.07. The van der Waals surface area contributed by atoms with E-state index in [0.717, 1.165) is 25.0 Å². The highest BCUT2D eigenvalue weighted by Gasteiger charge is 2.28. The molecular formula is C14H19N3O3. The first-order chi connectivity index (χ1) is 9.49. The van der Waals surface area contributed by atoms with Crippen molar-refractivity contribution < 1.29 is 14.7 Å². The van der Waals surface area contributed by atoms with Crippen LogP contribution in [0.4, 0.5) is 5.82 Å². The lowest BCUT2D eigenvalue weighted by atomic mass is 9.98. The highest BCUT2D eigenvalue weighted by Crippen LogP contribution is 2.28. The molecule has 3 N–H and O–H groups in total. The second-order valence-corrected chi connectivity index (χ2v) is 5.13. The molecule has 2 heterocycles. The van der Waals surface area contributed by atoms with Gasteiger partial charge in [0, 0.05) is 18.3 Å². The van der Waals surface area contributed by atoms with Crippen LogP contribution in [0.25, 0.3) is 0 Å². The third-order valence-corrected chi connectivity index (χ3v) is 3.59. The van der Waals surface area contributed by atoms with Gasteiger partial charge in [0.15, 0.2) is 0 Å². The molecule has 20 heavy (non-hydrogen) atoms. The van der Waals surface area contributed by atoms with Crippen LogP contribution in [0.5, 0.6) is 0 Å². The van der Waals surface area contributed by atoms with Crippen molar-refractivity contribution in [1.29, 1.82) is 0 Å². The molecule has 1 aromatic rings. The summed E-state index contributed by atoms with van der Waals surface area (Å²) in [6, 6.07) is 3.26. The lowest BCUT2D eigenvalue weighted by Gasteiger charge is -2.36. The molecular weight excluding hydrogens is 258 g/mol. The van der Waals surface area contributed by atoms with Crippen LogP contribution in [0, 0.1) is 6.92 Å². The van der Waals surface area contributed by atoms with Crippen LogP contribution < -0.4 is 10.6 Å². The average molecular weight is 277 g/mol. The summed E-state index contributed by atoms with van der Waals surface area (Å²) in [6.45, 7) is 2.54. The molecule has 0 spiro atoms. The number of primary amides is 1. The summed E-state index contributed by atoms with van der Waals surface area (Å²) in [7, 11) is 0. The van der Waals surface area contributed by atoms with Crippen molar-refractivity contribution in [2.75, 3.05) is 11.4 Å². The third-order valence-electron chi connectivity index (χ3n) is 3.59. The zero-order valence-corrected chi connectivity index (χ0v) is 11.5. The number of carboxylic acids is 1. The minimum absolute atomic E-state index is 0.0494. The van der Waals surface area contributed by atoms with Crippen molar-refractivity contribution in [2.45, 2.75) is 38.6 Å². The van der Waals surface area contributed by atoms with E-state index in [1.54, 1.807) is 12.1 Å². The lowest BCUT2D eigenvalue weighted by Crippen LogP contribution is -2.42. The van der Waals surface area contributed by atoms with E-state index < -0.39 is 11.9 Å². The van der Waals surface area contributed by atoms with Crippen LogP contribution in [-0.2, 0) is 4.79 Å². The number of piperidine rings is 1. The Morgan fingerprint density at radius 2 is 2.20 bits per heavy atom. The number of hydrogen-bond acceptors (Lipinski definition) is 4. The van der Waals surface area contributed by atoms with Gasteiger partial charge in [-0.2, -0.15) is 0 Å². The number of aliphatic carboxylic acids is 1. The van der Waals surface area contributed by atoms with Gasteiger partial charge >= 0.3 is 5.97 Å². The quantitative estimate of drug-likeness (QED) is 0.865. The normalized spacial score (nSPS) is 18.9. The summed E-state index contributed by atoms with van der Waals surface area (Å²) < 4.78 is 0. The van der Waals surface area contributed by atoms with Crippen LogP contribution in [0.1, 0.15) is 41.7 Å².